The maximum atomic E-state index is 12.2. The average molecular weight is 333 g/mol. The molecule has 0 spiro atoms. The van der Waals surface area contributed by atoms with E-state index >= 15 is 0 Å². The zero-order valence-electron chi connectivity index (χ0n) is 10.3. The van der Waals surface area contributed by atoms with Crippen LogP contribution in [0.1, 0.15) is 0 Å². The van der Waals surface area contributed by atoms with Gasteiger partial charge >= 0.3 is 0 Å². The van der Waals surface area contributed by atoms with Crippen LogP contribution < -0.4 is 9.46 Å². The quantitative estimate of drug-likeness (QED) is 0.933. The Balaban J connectivity index is 2.36. The number of benzene rings is 1. The highest BCUT2D eigenvalue weighted by Gasteiger charge is 2.18. The van der Waals surface area contributed by atoms with E-state index in [9.17, 15) is 8.42 Å². The Hall–Kier alpha value is -1.50. The molecule has 0 bridgehead atoms. The van der Waals surface area contributed by atoms with Crippen molar-refractivity contribution >= 4 is 38.9 Å². The van der Waals surface area contributed by atoms with Crippen molar-refractivity contribution in [2.24, 2.45) is 0 Å². The van der Waals surface area contributed by atoms with E-state index in [1.54, 1.807) is 0 Å². The molecule has 0 radical (unpaired) electrons. The molecular weight excluding hydrogens is 323 g/mol. The first kappa shape index (κ1) is 14.9. The third-order valence-corrected chi connectivity index (χ3v) is 4.59. The smallest absolute Gasteiger partial charge is 0.264 e. The zero-order valence-corrected chi connectivity index (χ0v) is 12.6. The Bertz CT molecular complexity index is 735. The fourth-order valence-corrected chi connectivity index (χ4v) is 3.17. The highest BCUT2D eigenvalue weighted by Crippen LogP contribution is 2.29. The lowest BCUT2D eigenvalue weighted by Crippen LogP contribution is -2.13. The second kappa shape index (κ2) is 5.87. The van der Waals surface area contributed by atoms with E-state index in [2.05, 4.69) is 9.71 Å². The molecule has 0 saturated heterocycles. The number of hydrogen-bond acceptors (Lipinski definition) is 4. The molecule has 2 aromatic rings. The predicted molar refractivity (Wildman–Crippen MR) is 78.1 cm³/mol. The molecule has 106 valence electrons. The highest BCUT2D eigenvalue weighted by atomic mass is 35.5. The van der Waals surface area contributed by atoms with Gasteiger partial charge in [-0.05, 0) is 18.2 Å². The van der Waals surface area contributed by atoms with E-state index in [4.69, 9.17) is 27.9 Å². The lowest BCUT2D eigenvalue weighted by molar-refractivity contribution is 0.415. The summed E-state index contributed by atoms with van der Waals surface area (Å²) in [4.78, 5) is 3.65. The number of nitrogens with one attached hydrogen (secondary N) is 1. The molecule has 20 heavy (non-hydrogen) atoms. The molecule has 2 rings (SSSR count). The topological polar surface area (TPSA) is 68.3 Å². The molecule has 1 N–H and O–H groups in total. The van der Waals surface area contributed by atoms with Crippen LogP contribution in [0.25, 0.3) is 0 Å². The van der Waals surface area contributed by atoms with Gasteiger partial charge in [0.25, 0.3) is 10.0 Å². The van der Waals surface area contributed by atoms with Crippen molar-refractivity contribution < 1.29 is 13.2 Å². The second-order valence-corrected chi connectivity index (χ2v) is 6.23. The Kier molecular flexibility index (Phi) is 4.37. The molecule has 0 saturated carbocycles. The normalized spacial score (nSPS) is 11.2. The summed E-state index contributed by atoms with van der Waals surface area (Å²) in [5.74, 6) is 0.365. The number of rotatable bonds is 4. The molecule has 0 aliphatic carbocycles. The van der Waals surface area contributed by atoms with E-state index in [1.807, 2.05) is 0 Å². The van der Waals surface area contributed by atoms with Gasteiger partial charge in [0.1, 0.15) is 10.6 Å². The number of nitrogens with zero attached hydrogens (tertiary/aromatic N) is 1. The monoisotopic (exact) mass is 332 g/mol. The first-order chi connectivity index (χ1) is 9.44. The fraction of sp³-hybridized carbons (Fsp3) is 0.0833. The lowest BCUT2D eigenvalue weighted by atomic mass is 10.3. The highest BCUT2D eigenvalue weighted by molar-refractivity contribution is 7.92. The summed E-state index contributed by atoms with van der Waals surface area (Å²) >= 11 is 11.7. The van der Waals surface area contributed by atoms with Gasteiger partial charge in [-0.3, -0.25) is 9.71 Å². The molecule has 5 nitrogen and oxygen atoms in total. The summed E-state index contributed by atoms with van der Waals surface area (Å²) < 4.78 is 31.8. The Morgan fingerprint density at radius 1 is 1.20 bits per heavy atom. The van der Waals surface area contributed by atoms with Crippen molar-refractivity contribution in [3.63, 3.8) is 0 Å². The Morgan fingerprint density at radius 3 is 2.60 bits per heavy atom. The van der Waals surface area contributed by atoms with Crippen LogP contribution in [0.15, 0.2) is 41.6 Å². The van der Waals surface area contributed by atoms with Gasteiger partial charge in [0.15, 0.2) is 0 Å². The van der Waals surface area contributed by atoms with Crippen molar-refractivity contribution in [2.75, 3.05) is 11.8 Å². The van der Waals surface area contributed by atoms with Crippen molar-refractivity contribution in [2.45, 2.75) is 4.90 Å². The van der Waals surface area contributed by atoms with Gasteiger partial charge in [0, 0.05) is 18.5 Å². The van der Waals surface area contributed by atoms with Crippen LogP contribution >= 0.6 is 23.2 Å². The van der Waals surface area contributed by atoms with Gasteiger partial charge in [0.05, 0.1) is 22.8 Å². The molecule has 1 aromatic carbocycles. The standard InChI is InChI=1S/C12H10Cl2N2O3S/c1-19-11-6-8(2-3-9(11)13)16-20(17,18)12-7-15-5-4-10(12)14/h2-7,16H,1H3. The summed E-state index contributed by atoms with van der Waals surface area (Å²) in [5, 5.41) is 0.475. The average Bonchev–Trinajstić information content (AvgIpc) is 2.41. The summed E-state index contributed by atoms with van der Waals surface area (Å²) in [6.45, 7) is 0. The van der Waals surface area contributed by atoms with Gasteiger partial charge in [-0.1, -0.05) is 23.2 Å². The molecule has 0 fully saturated rings. The molecule has 0 atom stereocenters. The van der Waals surface area contributed by atoms with Gasteiger partial charge in [-0.15, -0.1) is 0 Å². The first-order valence-electron chi connectivity index (χ1n) is 5.40. The number of hydrogen-bond donors (Lipinski definition) is 1. The zero-order chi connectivity index (χ0) is 14.8. The summed E-state index contributed by atoms with van der Waals surface area (Å²) in [7, 11) is -2.38. The molecule has 0 aliphatic rings. The second-order valence-electron chi connectivity index (χ2n) is 3.76. The number of halogens is 2. The van der Waals surface area contributed by atoms with E-state index in [0.717, 1.165) is 0 Å². The fourth-order valence-electron chi connectivity index (χ4n) is 1.49. The van der Waals surface area contributed by atoms with E-state index in [0.29, 0.717) is 16.5 Å². The minimum atomic E-state index is -3.82. The molecule has 0 aliphatic heterocycles. The number of ether oxygens (including phenoxy) is 1. The minimum Gasteiger partial charge on any atom is -0.495 e. The van der Waals surface area contributed by atoms with Crippen LogP contribution in [-0.4, -0.2) is 20.5 Å². The van der Waals surface area contributed by atoms with Gasteiger partial charge in [-0.2, -0.15) is 0 Å². The molecule has 0 amide bonds. The Morgan fingerprint density at radius 2 is 1.95 bits per heavy atom. The lowest BCUT2D eigenvalue weighted by Gasteiger charge is -2.10. The van der Waals surface area contributed by atoms with Crippen molar-refractivity contribution in [3.05, 3.63) is 46.7 Å². The van der Waals surface area contributed by atoms with Crippen LogP contribution in [0.4, 0.5) is 5.69 Å². The van der Waals surface area contributed by atoms with Gasteiger partial charge < -0.3 is 4.74 Å². The molecular formula is C12H10Cl2N2O3S. The summed E-state index contributed by atoms with van der Waals surface area (Å²) in [6, 6.07) is 5.93. The summed E-state index contributed by atoms with van der Waals surface area (Å²) in [5.41, 5.74) is 0.311. The Labute approximate surface area is 126 Å². The van der Waals surface area contributed by atoms with Crippen molar-refractivity contribution in [1.29, 1.82) is 0 Å². The maximum Gasteiger partial charge on any atom is 0.264 e. The maximum absolute atomic E-state index is 12.2. The number of aromatic nitrogens is 1. The van der Waals surface area contributed by atoms with Gasteiger partial charge in [-0.25, -0.2) is 8.42 Å². The third-order valence-electron chi connectivity index (χ3n) is 2.43. The van der Waals surface area contributed by atoms with Crippen LogP contribution in [-0.2, 0) is 10.0 Å². The van der Waals surface area contributed by atoms with E-state index < -0.39 is 10.0 Å². The van der Waals surface area contributed by atoms with Crippen molar-refractivity contribution in [1.82, 2.24) is 4.98 Å². The minimum absolute atomic E-state index is 0.0911. The number of methoxy groups -OCH3 is 1. The van der Waals surface area contributed by atoms with E-state index in [-0.39, 0.29) is 9.92 Å². The van der Waals surface area contributed by atoms with Gasteiger partial charge in [0.2, 0.25) is 0 Å². The molecule has 0 unspecified atom stereocenters. The third kappa shape index (κ3) is 3.15. The largest absolute Gasteiger partial charge is 0.495 e. The van der Waals surface area contributed by atoms with Crippen LogP contribution in [0.3, 0.4) is 0 Å². The van der Waals surface area contributed by atoms with Crippen LogP contribution in [0.5, 0.6) is 5.75 Å². The van der Waals surface area contributed by atoms with Crippen molar-refractivity contribution in [3.8, 4) is 5.75 Å². The molecule has 1 heterocycles. The van der Waals surface area contributed by atoms with Crippen LogP contribution in [0, 0.1) is 0 Å². The first-order valence-corrected chi connectivity index (χ1v) is 7.64. The van der Waals surface area contributed by atoms with Crippen LogP contribution in [0.2, 0.25) is 10.0 Å². The SMILES string of the molecule is COc1cc(NS(=O)(=O)c2cnccc2Cl)ccc1Cl. The molecule has 8 heteroatoms. The van der Waals surface area contributed by atoms with E-state index in [1.165, 1.54) is 43.8 Å². The number of sulfonamides is 1. The number of pyridine rings is 1. The predicted octanol–water partition coefficient (Wildman–Crippen LogP) is 3.20. The summed E-state index contributed by atoms with van der Waals surface area (Å²) in [6.07, 6.45) is 2.59. The number of anilines is 1. The molecule has 1 aromatic heterocycles.